The molecule has 7 heteroatoms. The summed E-state index contributed by atoms with van der Waals surface area (Å²) >= 11 is 0. The molecule has 1 amide bonds. The average molecular weight is 501 g/mol. The number of carbonyl (C=O) groups is 1. The van der Waals surface area contributed by atoms with E-state index in [0.29, 0.717) is 44.8 Å². The van der Waals surface area contributed by atoms with Crippen LogP contribution in [0.25, 0.3) is 0 Å². The van der Waals surface area contributed by atoms with Crippen molar-refractivity contribution in [2.24, 2.45) is 16.7 Å². The Bertz CT molecular complexity index is 1140. The first-order chi connectivity index (χ1) is 16.5. The first-order valence-corrected chi connectivity index (χ1v) is 15.2. The molecule has 1 spiro atoms. The first kappa shape index (κ1) is 23.9. The Balaban J connectivity index is 1.24. The highest BCUT2D eigenvalue weighted by atomic mass is 32.2. The van der Waals surface area contributed by atoms with E-state index in [0.717, 1.165) is 38.5 Å². The van der Waals surface area contributed by atoms with Gasteiger partial charge in [-0.3, -0.25) is 4.79 Å². The number of aliphatic hydroxyl groups is 1. The fourth-order valence-electron chi connectivity index (χ4n) is 8.96. The lowest BCUT2D eigenvalue weighted by Gasteiger charge is -2.50. The summed E-state index contributed by atoms with van der Waals surface area (Å²) in [6, 6.07) is 8.67. The van der Waals surface area contributed by atoms with E-state index in [1.165, 1.54) is 11.1 Å². The van der Waals surface area contributed by atoms with Gasteiger partial charge in [0.25, 0.3) is 0 Å². The molecule has 192 valence electrons. The Morgan fingerprint density at radius 2 is 1.77 bits per heavy atom. The van der Waals surface area contributed by atoms with Crippen molar-refractivity contribution in [3.63, 3.8) is 0 Å². The van der Waals surface area contributed by atoms with Crippen LogP contribution in [0, 0.1) is 16.7 Å². The summed E-state index contributed by atoms with van der Waals surface area (Å²) in [4.78, 5) is 14.2. The van der Waals surface area contributed by atoms with Gasteiger partial charge in [-0.25, -0.2) is 12.7 Å². The number of benzene rings is 1. The summed E-state index contributed by atoms with van der Waals surface area (Å²) in [6.45, 7) is 6.38. The number of amides is 1. The quantitative estimate of drug-likeness (QED) is 0.672. The third-order valence-electron chi connectivity index (χ3n) is 11.2. The van der Waals surface area contributed by atoms with E-state index in [4.69, 9.17) is 0 Å². The highest BCUT2D eigenvalue weighted by molar-refractivity contribution is 7.89. The number of fused-ring (bicyclic) bond motifs is 4. The largest absolute Gasteiger partial charge is 0.387 e. The number of nitrogens with zero attached hydrogens (tertiary/aromatic N) is 2. The van der Waals surface area contributed by atoms with Crippen LogP contribution in [0.2, 0.25) is 0 Å². The lowest BCUT2D eigenvalue weighted by Crippen LogP contribution is -2.60. The average Bonchev–Trinajstić information content (AvgIpc) is 3.49. The van der Waals surface area contributed by atoms with Gasteiger partial charge in [-0.05, 0) is 79.2 Å². The molecule has 3 aliphatic carbocycles. The molecule has 1 N–H and O–H groups in total. The molecular formula is C28H40N2O4S. The zero-order valence-corrected chi connectivity index (χ0v) is 22.1. The Kier molecular flexibility index (Phi) is 5.32. The summed E-state index contributed by atoms with van der Waals surface area (Å²) in [5.74, 6) is 0.376. The summed E-state index contributed by atoms with van der Waals surface area (Å²) in [5.41, 5.74) is 0.821. The smallest absolute Gasteiger partial charge is 0.222 e. The standard InChI is InChI=1S/C28H40N2O4S/c1-25(2)22-10-12-27(25,28(32,18-22)19-29-15-5-8-24(29)31)20-35(33,34)30-16-13-26(14-17-30)11-9-21-6-3-4-7-23(21)26/h3-4,6-7,22,32H,5,8-20H2,1-2H3/t22-,27+,28-/m1/s1. The van der Waals surface area contributed by atoms with E-state index in [1.54, 1.807) is 9.21 Å². The van der Waals surface area contributed by atoms with Gasteiger partial charge in [0.05, 0.1) is 11.4 Å². The molecule has 35 heavy (non-hydrogen) atoms. The maximum Gasteiger partial charge on any atom is 0.222 e. The van der Waals surface area contributed by atoms with Crippen molar-refractivity contribution >= 4 is 15.9 Å². The highest BCUT2D eigenvalue weighted by Crippen LogP contribution is 2.70. The van der Waals surface area contributed by atoms with Crippen molar-refractivity contribution in [3.8, 4) is 0 Å². The number of sulfonamides is 1. The third-order valence-corrected chi connectivity index (χ3v) is 13.2. The lowest BCUT2D eigenvalue weighted by molar-refractivity contribution is -0.139. The zero-order chi connectivity index (χ0) is 24.7. The number of carbonyl (C=O) groups excluding carboxylic acids is 1. The molecule has 3 atom stereocenters. The van der Waals surface area contributed by atoms with Crippen LogP contribution < -0.4 is 0 Å². The second-order valence-corrected chi connectivity index (χ2v) is 14.8. The molecule has 0 unspecified atom stereocenters. The van der Waals surface area contributed by atoms with Crippen molar-refractivity contribution in [1.29, 1.82) is 0 Å². The number of rotatable bonds is 5. The van der Waals surface area contributed by atoms with Gasteiger partial charge < -0.3 is 10.0 Å². The van der Waals surface area contributed by atoms with Crippen molar-refractivity contribution < 1.29 is 18.3 Å². The van der Waals surface area contributed by atoms with Gasteiger partial charge in [0.15, 0.2) is 0 Å². The van der Waals surface area contributed by atoms with Crippen LogP contribution in [-0.4, -0.2) is 66.2 Å². The molecule has 6 rings (SSSR count). The van der Waals surface area contributed by atoms with Crippen LogP contribution >= 0.6 is 0 Å². The molecule has 2 saturated heterocycles. The molecule has 5 aliphatic rings. The van der Waals surface area contributed by atoms with Gasteiger partial charge in [0.1, 0.15) is 0 Å². The predicted molar refractivity (Wildman–Crippen MR) is 135 cm³/mol. The Morgan fingerprint density at radius 1 is 1.03 bits per heavy atom. The number of hydrogen-bond acceptors (Lipinski definition) is 4. The predicted octanol–water partition coefficient (Wildman–Crippen LogP) is 3.48. The van der Waals surface area contributed by atoms with Crippen molar-refractivity contribution in [3.05, 3.63) is 35.4 Å². The van der Waals surface area contributed by atoms with Crippen LogP contribution in [0.4, 0.5) is 0 Å². The van der Waals surface area contributed by atoms with Crippen LogP contribution in [0.5, 0.6) is 0 Å². The molecule has 1 aromatic rings. The fraction of sp³-hybridized carbons (Fsp3) is 0.750. The maximum absolute atomic E-state index is 14.0. The van der Waals surface area contributed by atoms with Crippen LogP contribution in [0.1, 0.15) is 76.3 Å². The molecule has 1 aromatic carbocycles. The summed E-state index contributed by atoms with van der Waals surface area (Å²) < 4.78 is 29.7. The van der Waals surface area contributed by atoms with Gasteiger partial charge in [-0.1, -0.05) is 38.1 Å². The van der Waals surface area contributed by atoms with Crippen molar-refractivity contribution in [2.75, 3.05) is 31.9 Å². The molecule has 0 aromatic heterocycles. The number of hydrogen-bond donors (Lipinski definition) is 1. The van der Waals surface area contributed by atoms with Crippen LogP contribution in [0.3, 0.4) is 0 Å². The molecule has 2 heterocycles. The van der Waals surface area contributed by atoms with Gasteiger partial charge >= 0.3 is 0 Å². The number of piperidine rings is 1. The molecule has 2 saturated carbocycles. The SMILES string of the molecule is CC1(C)[C@@H]2CC[C@@]1(CS(=O)(=O)N1CCC3(CCc4ccccc43)CC1)[C@](O)(CN1CCCC1=O)C2. The van der Waals surface area contributed by atoms with E-state index >= 15 is 0 Å². The molecule has 0 radical (unpaired) electrons. The maximum atomic E-state index is 14.0. The number of β-amino-alcohol motifs (C(OH)–C–C–N with tert-alkyl or cyclic N) is 1. The summed E-state index contributed by atoms with van der Waals surface area (Å²) in [7, 11) is -3.55. The molecular weight excluding hydrogens is 460 g/mol. The van der Waals surface area contributed by atoms with Gasteiger partial charge in [0.2, 0.25) is 15.9 Å². The minimum Gasteiger partial charge on any atom is -0.387 e. The second kappa shape index (κ2) is 7.78. The third kappa shape index (κ3) is 3.33. The second-order valence-electron chi connectivity index (χ2n) is 12.8. The van der Waals surface area contributed by atoms with Crippen LogP contribution in [-0.2, 0) is 26.7 Å². The van der Waals surface area contributed by atoms with E-state index in [-0.39, 0.29) is 29.0 Å². The minimum atomic E-state index is -3.55. The van der Waals surface area contributed by atoms with Gasteiger partial charge in [-0.2, -0.15) is 0 Å². The van der Waals surface area contributed by atoms with E-state index < -0.39 is 21.0 Å². The van der Waals surface area contributed by atoms with E-state index in [9.17, 15) is 18.3 Å². The Labute approximate surface area is 210 Å². The first-order valence-electron chi connectivity index (χ1n) is 13.6. The highest BCUT2D eigenvalue weighted by Gasteiger charge is 2.72. The normalized spacial score (nSPS) is 35.8. The summed E-state index contributed by atoms with van der Waals surface area (Å²) in [6.07, 6.45) is 7.57. The molecule has 2 bridgehead atoms. The minimum absolute atomic E-state index is 0.00832. The zero-order valence-electron chi connectivity index (χ0n) is 21.3. The monoisotopic (exact) mass is 500 g/mol. The molecule has 2 aliphatic heterocycles. The van der Waals surface area contributed by atoms with Gasteiger partial charge in [0, 0.05) is 38.0 Å². The Hall–Kier alpha value is -1.44. The van der Waals surface area contributed by atoms with Gasteiger partial charge in [-0.15, -0.1) is 0 Å². The number of aryl methyl sites for hydroxylation is 1. The number of likely N-dealkylation sites (tertiary alicyclic amines) is 1. The van der Waals surface area contributed by atoms with Crippen molar-refractivity contribution in [2.45, 2.75) is 82.7 Å². The fourth-order valence-corrected chi connectivity index (χ4v) is 11.3. The van der Waals surface area contributed by atoms with E-state index in [1.807, 2.05) is 0 Å². The molecule has 4 fully saturated rings. The van der Waals surface area contributed by atoms with E-state index in [2.05, 4.69) is 38.1 Å². The lowest BCUT2D eigenvalue weighted by atomic mass is 9.64. The topological polar surface area (TPSA) is 77.9 Å². The summed E-state index contributed by atoms with van der Waals surface area (Å²) in [5, 5.41) is 12.1. The van der Waals surface area contributed by atoms with Crippen molar-refractivity contribution in [1.82, 2.24) is 9.21 Å². The van der Waals surface area contributed by atoms with Crippen LogP contribution in [0.15, 0.2) is 24.3 Å². The Morgan fingerprint density at radius 3 is 2.46 bits per heavy atom. The molecule has 6 nitrogen and oxygen atoms in total.